The van der Waals surface area contributed by atoms with E-state index < -0.39 is 5.91 Å². The van der Waals surface area contributed by atoms with Crippen LogP contribution in [0.4, 0.5) is 17.2 Å². The first kappa shape index (κ1) is 13.4. The molecule has 5 nitrogen and oxygen atoms in total. The van der Waals surface area contributed by atoms with Gasteiger partial charge in [-0.15, -0.1) is 0 Å². The zero-order valence-corrected chi connectivity index (χ0v) is 11.9. The molecule has 0 aliphatic heterocycles. The van der Waals surface area contributed by atoms with E-state index in [0.717, 1.165) is 15.7 Å². The number of aromatic nitrogens is 1. The lowest BCUT2D eigenvalue weighted by atomic mass is 10.2. The quantitative estimate of drug-likeness (QED) is 0.810. The maximum Gasteiger partial charge on any atom is 0.250 e. The normalized spacial score (nSPS) is 10.2. The van der Waals surface area contributed by atoms with Crippen LogP contribution in [0, 0.1) is 6.92 Å². The highest BCUT2D eigenvalue weighted by Crippen LogP contribution is 2.23. The fourth-order valence-electron chi connectivity index (χ4n) is 1.62. The molecule has 6 heteroatoms. The van der Waals surface area contributed by atoms with Gasteiger partial charge in [0, 0.05) is 10.2 Å². The molecule has 0 saturated heterocycles. The van der Waals surface area contributed by atoms with E-state index in [-0.39, 0.29) is 11.3 Å². The summed E-state index contributed by atoms with van der Waals surface area (Å²) in [5.74, 6) is -0.0559. The zero-order valence-electron chi connectivity index (χ0n) is 10.3. The molecule has 0 aliphatic rings. The molecule has 0 bridgehead atoms. The molecule has 2 rings (SSSR count). The Morgan fingerprint density at radius 1 is 1.37 bits per heavy atom. The molecular weight excluding hydrogens is 308 g/mol. The van der Waals surface area contributed by atoms with E-state index >= 15 is 0 Å². The summed E-state index contributed by atoms with van der Waals surface area (Å²) in [6, 6.07) is 7.34. The van der Waals surface area contributed by atoms with Crippen LogP contribution in [0.1, 0.15) is 15.9 Å². The number of nitrogens with one attached hydrogen (secondary N) is 1. The Labute approximate surface area is 119 Å². The highest BCUT2D eigenvalue weighted by molar-refractivity contribution is 9.10. The van der Waals surface area contributed by atoms with Crippen molar-refractivity contribution in [2.24, 2.45) is 5.73 Å². The van der Waals surface area contributed by atoms with Crippen LogP contribution in [-0.4, -0.2) is 10.9 Å². The number of halogens is 1. The Morgan fingerprint density at radius 2 is 2.11 bits per heavy atom. The van der Waals surface area contributed by atoms with Crippen molar-refractivity contribution < 1.29 is 4.79 Å². The largest absolute Gasteiger partial charge is 0.397 e. The number of benzene rings is 1. The predicted molar refractivity (Wildman–Crippen MR) is 79.3 cm³/mol. The van der Waals surface area contributed by atoms with Gasteiger partial charge in [-0.1, -0.05) is 15.9 Å². The third kappa shape index (κ3) is 3.03. The third-order valence-electron chi connectivity index (χ3n) is 2.63. The van der Waals surface area contributed by atoms with Crippen LogP contribution in [0.25, 0.3) is 0 Å². The first-order chi connectivity index (χ1) is 8.97. The van der Waals surface area contributed by atoms with E-state index in [9.17, 15) is 4.79 Å². The van der Waals surface area contributed by atoms with Crippen LogP contribution in [-0.2, 0) is 0 Å². The van der Waals surface area contributed by atoms with Crippen molar-refractivity contribution >= 4 is 39.0 Å². The van der Waals surface area contributed by atoms with Crippen LogP contribution < -0.4 is 16.8 Å². The van der Waals surface area contributed by atoms with Crippen LogP contribution in [0.3, 0.4) is 0 Å². The first-order valence-corrected chi connectivity index (χ1v) is 6.35. The smallest absolute Gasteiger partial charge is 0.250 e. The van der Waals surface area contributed by atoms with Gasteiger partial charge in [0.25, 0.3) is 5.91 Å². The molecule has 1 aromatic heterocycles. The molecule has 19 heavy (non-hydrogen) atoms. The van der Waals surface area contributed by atoms with Gasteiger partial charge in [-0.05, 0) is 36.8 Å². The highest BCUT2D eigenvalue weighted by Gasteiger charge is 2.08. The lowest BCUT2D eigenvalue weighted by Gasteiger charge is -2.09. The summed E-state index contributed by atoms with van der Waals surface area (Å²) in [6.45, 7) is 1.99. The van der Waals surface area contributed by atoms with Crippen molar-refractivity contribution in [1.29, 1.82) is 0 Å². The number of carbonyl (C=O) groups is 1. The van der Waals surface area contributed by atoms with Gasteiger partial charge in [-0.2, -0.15) is 0 Å². The summed E-state index contributed by atoms with van der Waals surface area (Å²) >= 11 is 3.43. The molecule has 0 saturated carbocycles. The Hall–Kier alpha value is -2.08. The topological polar surface area (TPSA) is 94.0 Å². The summed E-state index contributed by atoms with van der Waals surface area (Å²) < 4.78 is 1.03. The predicted octanol–water partition coefficient (Wildman–Crippen LogP) is 2.58. The van der Waals surface area contributed by atoms with Gasteiger partial charge in [-0.25, -0.2) is 4.98 Å². The summed E-state index contributed by atoms with van der Waals surface area (Å²) in [5.41, 5.74) is 13.4. The number of hydrogen-bond acceptors (Lipinski definition) is 4. The van der Waals surface area contributed by atoms with Gasteiger partial charge in [0.2, 0.25) is 0 Å². The summed E-state index contributed by atoms with van der Waals surface area (Å²) in [7, 11) is 0. The van der Waals surface area contributed by atoms with Crippen molar-refractivity contribution in [2.45, 2.75) is 6.92 Å². The summed E-state index contributed by atoms with van der Waals surface area (Å²) in [6.07, 6.45) is 1.41. The van der Waals surface area contributed by atoms with E-state index in [0.29, 0.717) is 5.82 Å². The molecule has 0 unspecified atom stereocenters. The summed E-state index contributed by atoms with van der Waals surface area (Å²) in [5, 5.41) is 3.10. The van der Waals surface area contributed by atoms with Gasteiger partial charge in [0.1, 0.15) is 5.82 Å². The Morgan fingerprint density at radius 3 is 2.74 bits per heavy atom. The maximum absolute atomic E-state index is 11.2. The molecule has 1 heterocycles. The van der Waals surface area contributed by atoms with Crippen LogP contribution in [0.5, 0.6) is 0 Å². The number of nitrogens with two attached hydrogens (primary N) is 2. The van der Waals surface area contributed by atoms with Crippen molar-refractivity contribution in [3.8, 4) is 0 Å². The Bertz CT molecular complexity index is 643. The molecule has 1 aromatic carbocycles. The second kappa shape index (κ2) is 5.27. The number of carbonyl (C=O) groups excluding carboxylic acids is 1. The lowest BCUT2D eigenvalue weighted by molar-refractivity contribution is 0.100. The number of primary amides is 1. The number of aryl methyl sites for hydroxylation is 1. The summed E-state index contributed by atoms with van der Waals surface area (Å²) in [4.78, 5) is 15.3. The lowest BCUT2D eigenvalue weighted by Crippen LogP contribution is -2.14. The van der Waals surface area contributed by atoms with E-state index in [1.807, 2.05) is 25.1 Å². The second-order valence-corrected chi connectivity index (χ2v) is 4.96. The number of amides is 1. The monoisotopic (exact) mass is 320 g/mol. The molecule has 0 spiro atoms. The minimum absolute atomic E-state index is 0.256. The molecular formula is C13H13BrN4O. The molecule has 0 aliphatic carbocycles. The third-order valence-corrected chi connectivity index (χ3v) is 3.52. The molecule has 0 radical (unpaired) electrons. The molecule has 0 atom stereocenters. The van der Waals surface area contributed by atoms with Crippen LogP contribution in [0.2, 0.25) is 0 Å². The van der Waals surface area contributed by atoms with Crippen molar-refractivity contribution in [3.05, 3.63) is 46.1 Å². The van der Waals surface area contributed by atoms with Gasteiger partial charge in [0.15, 0.2) is 0 Å². The Balaban J connectivity index is 2.30. The average molecular weight is 321 g/mol. The zero-order chi connectivity index (χ0) is 14.0. The van der Waals surface area contributed by atoms with E-state index in [1.54, 1.807) is 0 Å². The fraction of sp³-hybridized carbons (Fsp3) is 0.0769. The van der Waals surface area contributed by atoms with Gasteiger partial charge in [0.05, 0.1) is 17.4 Å². The Kier molecular flexibility index (Phi) is 3.71. The van der Waals surface area contributed by atoms with Crippen molar-refractivity contribution in [3.63, 3.8) is 0 Å². The average Bonchev–Trinajstić information content (AvgIpc) is 2.36. The minimum Gasteiger partial charge on any atom is -0.397 e. The van der Waals surface area contributed by atoms with Gasteiger partial charge >= 0.3 is 0 Å². The van der Waals surface area contributed by atoms with Crippen molar-refractivity contribution in [2.75, 3.05) is 11.1 Å². The van der Waals surface area contributed by atoms with Gasteiger partial charge in [-0.3, -0.25) is 4.79 Å². The van der Waals surface area contributed by atoms with E-state index in [4.69, 9.17) is 11.5 Å². The number of anilines is 3. The van der Waals surface area contributed by atoms with Crippen LogP contribution in [0.15, 0.2) is 34.9 Å². The van der Waals surface area contributed by atoms with Crippen molar-refractivity contribution in [1.82, 2.24) is 4.98 Å². The second-order valence-electron chi connectivity index (χ2n) is 4.11. The highest BCUT2D eigenvalue weighted by atomic mass is 79.9. The number of hydrogen-bond donors (Lipinski definition) is 3. The number of pyridine rings is 1. The molecule has 98 valence electrons. The number of rotatable bonds is 3. The van der Waals surface area contributed by atoms with Crippen LogP contribution >= 0.6 is 15.9 Å². The molecule has 5 N–H and O–H groups in total. The van der Waals surface area contributed by atoms with E-state index in [1.165, 1.54) is 12.3 Å². The molecule has 2 aromatic rings. The number of nitrogens with zero attached hydrogens (tertiary/aromatic N) is 1. The maximum atomic E-state index is 11.2. The van der Waals surface area contributed by atoms with Gasteiger partial charge < -0.3 is 16.8 Å². The standard InChI is InChI=1S/C13H13BrN4O/c1-7-4-8(2-3-10(7)14)18-12-5-9(13(16)19)11(15)6-17-12/h2-6H,15H2,1H3,(H2,16,19)(H,17,18). The fourth-order valence-corrected chi connectivity index (χ4v) is 1.86. The molecule has 0 fully saturated rings. The first-order valence-electron chi connectivity index (χ1n) is 5.56. The van der Waals surface area contributed by atoms with E-state index in [2.05, 4.69) is 26.2 Å². The number of nitrogen functional groups attached to an aromatic ring is 1. The molecule has 1 amide bonds. The SMILES string of the molecule is Cc1cc(Nc2cc(C(N)=O)c(N)cn2)ccc1Br. The minimum atomic E-state index is -0.574.